The first-order valence-corrected chi connectivity index (χ1v) is 6.37. The van der Waals surface area contributed by atoms with Crippen molar-refractivity contribution in [1.82, 2.24) is 10.6 Å². The lowest BCUT2D eigenvalue weighted by Crippen LogP contribution is -2.46. The van der Waals surface area contributed by atoms with Gasteiger partial charge in [-0.3, -0.25) is 4.79 Å². The number of hydrogen-bond donors (Lipinski definition) is 2. The molecule has 1 fully saturated rings. The van der Waals surface area contributed by atoms with E-state index in [1.165, 1.54) is 12.8 Å². The van der Waals surface area contributed by atoms with Crippen molar-refractivity contribution in [2.75, 3.05) is 13.1 Å². The van der Waals surface area contributed by atoms with Crippen LogP contribution >= 0.6 is 0 Å². The van der Waals surface area contributed by atoms with E-state index in [-0.39, 0.29) is 0 Å². The predicted octanol–water partition coefficient (Wildman–Crippen LogP) is 2.08. The van der Waals surface area contributed by atoms with E-state index in [2.05, 4.69) is 12.2 Å². The number of amides is 1. The molecule has 0 bridgehead atoms. The van der Waals surface area contributed by atoms with Crippen LogP contribution in [0.15, 0.2) is 0 Å². The smallest absolute Gasteiger partial charge is 0.346 e. The lowest BCUT2D eigenvalue weighted by molar-refractivity contribution is -0.139. The Morgan fingerprint density at radius 3 is 2.56 bits per heavy atom. The van der Waals surface area contributed by atoms with Crippen molar-refractivity contribution >= 4 is 5.91 Å². The van der Waals surface area contributed by atoms with Crippen molar-refractivity contribution in [2.24, 2.45) is 11.8 Å². The molecule has 2 N–H and O–H groups in total. The maximum Gasteiger partial charge on any atom is 0.405 e. The molecule has 3 unspecified atom stereocenters. The van der Waals surface area contributed by atoms with Gasteiger partial charge in [-0.15, -0.1) is 0 Å². The van der Waals surface area contributed by atoms with Gasteiger partial charge in [-0.05, 0) is 31.7 Å². The van der Waals surface area contributed by atoms with E-state index >= 15 is 0 Å². The number of nitrogens with one attached hydrogen (secondary N) is 2. The number of carbonyl (C=O) groups is 1. The minimum absolute atomic E-state index is 0.530. The molecule has 1 aliphatic rings. The molecular weight excluding hydrogens is 245 g/mol. The summed E-state index contributed by atoms with van der Waals surface area (Å²) in [6, 6.07) is -0.583. The molecule has 0 aromatic carbocycles. The van der Waals surface area contributed by atoms with E-state index in [0.29, 0.717) is 18.4 Å². The van der Waals surface area contributed by atoms with Crippen molar-refractivity contribution in [2.45, 2.75) is 45.3 Å². The van der Waals surface area contributed by atoms with Crippen molar-refractivity contribution in [1.29, 1.82) is 0 Å². The molecule has 3 nitrogen and oxygen atoms in total. The van der Waals surface area contributed by atoms with Gasteiger partial charge in [0.25, 0.3) is 0 Å². The van der Waals surface area contributed by atoms with Crippen molar-refractivity contribution in [3.8, 4) is 0 Å². The molecule has 6 heteroatoms. The molecule has 0 aromatic rings. The molecule has 0 saturated heterocycles. The van der Waals surface area contributed by atoms with Gasteiger partial charge in [0.15, 0.2) is 0 Å². The first-order valence-electron chi connectivity index (χ1n) is 6.37. The highest BCUT2D eigenvalue weighted by atomic mass is 19.4. The molecule has 1 saturated carbocycles. The van der Waals surface area contributed by atoms with Crippen molar-refractivity contribution in [3.05, 3.63) is 0 Å². The Balaban J connectivity index is 2.23. The lowest BCUT2D eigenvalue weighted by atomic mass is 9.98. The minimum atomic E-state index is -4.35. The summed E-state index contributed by atoms with van der Waals surface area (Å²) in [6.45, 7) is 3.19. The highest BCUT2D eigenvalue weighted by molar-refractivity contribution is 5.81. The molecule has 18 heavy (non-hydrogen) atoms. The fourth-order valence-corrected chi connectivity index (χ4v) is 2.29. The van der Waals surface area contributed by atoms with Crippen LogP contribution in [0, 0.1) is 11.8 Å². The van der Waals surface area contributed by atoms with Crippen LogP contribution in [-0.2, 0) is 4.79 Å². The summed E-state index contributed by atoms with van der Waals surface area (Å²) in [7, 11) is 0. The van der Waals surface area contributed by atoms with E-state index in [4.69, 9.17) is 0 Å². The van der Waals surface area contributed by atoms with Gasteiger partial charge in [0.2, 0.25) is 5.91 Å². The number of hydrogen-bond acceptors (Lipinski definition) is 2. The third-order valence-electron chi connectivity index (χ3n) is 3.58. The molecule has 0 aromatic heterocycles. The zero-order valence-corrected chi connectivity index (χ0v) is 10.8. The number of halogens is 3. The summed E-state index contributed by atoms with van der Waals surface area (Å²) in [5.41, 5.74) is 0. The number of carbonyl (C=O) groups excluding carboxylic acids is 1. The summed E-state index contributed by atoms with van der Waals surface area (Å²) in [5, 5.41) is 4.89. The van der Waals surface area contributed by atoms with Gasteiger partial charge in [0, 0.05) is 0 Å². The average Bonchev–Trinajstić information content (AvgIpc) is 2.67. The van der Waals surface area contributed by atoms with Gasteiger partial charge in [0.05, 0.1) is 6.04 Å². The van der Waals surface area contributed by atoms with Crippen LogP contribution in [0.2, 0.25) is 0 Å². The van der Waals surface area contributed by atoms with E-state index in [1.807, 2.05) is 5.32 Å². The Morgan fingerprint density at radius 2 is 2.06 bits per heavy atom. The Bertz CT molecular complexity index is 281. The summed E-state index contributed by atoms with van der Waals surface area (Å²) < 4.78 is 35.8. The largest absolute Gasteiger partial charge is 0.405 e. The second-order valence-electron chi connectivity index (χ2n) is 5.13. The molecule has 0 heterocycles. The first-order chi connectivity index (χ1) is 8.29. The molecule has 3 atom stereocenters. The van der Waals surface area contributed by atoms with E-state index in [0.717, 1.165) is 6.42 Å². The van der Waals surface area contributed by atoms with Gasteiger partial charge in [-0.25, -0.2) is 0 Å². The van der Waals surface area contributed by atoms with Crippen LogP contribution in [0.1, 0.15) is 33.1 Å². The fourth-order valence-electron chi connectivity index (χ4n) is 2.29. The maximum atomic E-state index is 11.9. The number of alkyl halides is 3. The molecule has 0 radical (unpaired) electrons. The second-order valence-corrected chi connectivity index (χ2v) is 5.13. The molecule has 0 aliphatic heterocycles. The minimum Gasteiger partial charge on any atom is -0.346 e. The maximum absolute atomic E-state index is 11.9. The zero-order chi connectivity index (χ0) is 13.8. The van der Waals surface area contributed by atoms with Gasteiger partial charge >= 0.3 is 6.18 Å². The van der Waals surface area contributed by atoms with Crippen LogP contribution < -0.4 is 10.6 Å². The highest BCUT2D eigenvalue weighted by Gasteiger charge is 2.29. The summed E-state index contributed by atoms with van der Waals surface area (Å²) in [6.07, 6.45) is -0.830. The predicted molar refractivity (Wildman–Crippen MR) is 63.0 cm³/mol. The van der Waals surface area contributed by atoms with Gasteiger partial charge in [0.1, 0.15) is 6.54 Å². The van der Waals surface area contributed by atoms with Gasteiger partial charge < -0.3 is 10.6 Å². The third kappa shape index (κ3) is 5.25. The van der Waals surface area contributed by atoms with Crippen LogP contribution in [0.4, 0.5) is 13.2 Å². The molecule has 1 rings (SSSR count). The monoisotopic (exact) mass is 266 g/mol. The number of rotatable bonds is 5. The first kappa shape index (κ1) is 15.3. The van der Waals surface area contributed by atoms with Crippen molar-refractivity contribution in [3.63, 3.8) is 0 Å². The summed E-state index contributed by atoms with van der Waals surface area (Å²) in [4.78, 5) is 11.4. The van der Waals surface area contributed by atoms with Crippen LogP contribution in [0.3, 0.4) is 0 Å². The molecule has 106 valence electrons. The van der Waals surface area contributed by atoms with Gasteiger partial charge in [-0.2, -0.15) is 13.2 Å². The highest BCUT2D eigenvalue weighted by Crippen LogP contribution is 2.30. The quantitative estimate of drug-likeness (QED) is 0.800. The Morgan fingerprint density at radius 1 is 1.39 bits per heavy atom. The zero-order valence-electron chi connectivity index (χ0n) is 10.8. The van der Waals surface area contributed by atoms with Crippen molar-refractivity contribution < 1.29 is 18.0 Å². The molecule has 1 amide bonds. The normalized spacial score (nSPS) is 26.1. The molecular formula is C12H21F3N2O. The van der Waals surface area contributed by atoms with Crippen LogP contribution in [0.25, 0.3) is 0 Å². The standard InChI is InChI=1S/C12H21F3N2O/c1-8-4-3-5-10(8)6-16-9(2)11(18)17-7-12(13,14)15/h8-10,16H,3-7H2,1-2H3,(H,17,18). The van der Waals surface area contributed by atoms with Crippen LogP contribution in [0.5, 0.6) is 0 Å². The van der Waals surface area contributed by atoms with Crippen LogP contribution in [-0.4, -0.2) is 31.2 Å². The fraction of sp³-hybridized carbons (Fsp3) is 0.917. The van der Waals surface area contributed by atoms with E-state index in [9.17, 15) is 18.0 Å². The summed E-state index contributed by atoms with van der Waals surface area (Å²) >= 11 is 0. The Kier molecular flexibility index (Phi) is 5.44. The Hall–Kier alpha value is -0.780. The van der Waals surface area contributed by atoms with Gasteiger partial charge in [-0.1, -0.05) is 19.8 Å². The lowest BCUT2D eigenvalue weighted by Gasteiger charge is -2.20. The molecule has 1 aliphatic carbocycles. The van der Waals surface area contributed by atoms with E-state index < -0.39 is 24.7 Å². The third-order valence-corrected chi connectivity index (χ3v) is 3.58. The SMILES string of the molecule is CC(NCC1CCCC1C)C(=O)NCC(F)(F)F. The Labute approximate surface area is 106 Å². The summed E-state index contributed by atoms with van der Waals surface area (Å²) in [5.74, 6) is 0.559. The van der Waals surface area contributed by atoms with E-state index in [1.54, 1.807) is 6.92 Å². The second kappa shape index (κ2) is 6.41. The topological polar surface area (TPSA) is 41.1 Å². The molecule has 0 spiro atoms. The average molecular weight is 266 g/mol.